The number of thioether (sulfide) groups is 1. The molecular weight excluding hydrogens is 370 g/mol. The van der Waals surface area contributed by atoms with E-state index in [2.05, 4.69) is 15.4 Å². The highest BCUT2D eigenvalue weighted by Gasteiger charge is 2.21. The quantitative estimate of drug-likeness (QED) is 0.188. The average molecular weight is 384 g/mol. The lowest BCUT2D eigenvalue weighted by molar-refractivity contribution is 0.102. The number of benzene rings is 1. The molecule has 1 aromatic carbocycles. The normalized spacial score (nSPS) is 11.3. The summed E-state index contributed by atoms with van der Waals surface area (Å²) in [5, 5.41) is 11.8. The van der Waals surface area contributed by atoms with E-state index < -0.39 is 40.2 Å². The molecule has 2 aromatic rings. The van der Waals surface area contributed by atoms with Crippen molar-refractivity contribution in [1.29, 1.82) is 0 Å². The molecule has 0 atom stereocenters. The van der Waals surface area contributed by atoms with Gasteiger partial charge in [0.05, 0.1) is 11.4 Å². The van der Waals surface area contributed by atoms with Gasteiger partial charge in [0.1, 0.15) is 11.6 Å². The number of aromatic hydroxyl groups is 1. The zero-order chi connectivity index (χ0) is 19.4. The topological polar surface area (TPSA) is 159 Å². The molecule has 1 aromatic heterocycles. The Morgan fingerprint density at radius 1 is 1.38 bits per heavy atom. The van der Waals surface area contributed by atoms with E-state index in [4.69, 9.17) is 11.6 Å². The van der Waals surface area contributed by atoms with E-state index in [9.17, 15) is 23.5 Å². The van der Waals surface area contributed by atoms with Gasteiger partial charge >= 0.3 is 0 Å². The van der Waals surface area contributed by atoms with E-state index in [1.165, 1.54) is 0 Å². The van der Waals surface area contributed by atoms with Crippen LogP contribution in [0, 0.1) is 11.6 Å². The minimum Gasteiger partial charge on any atom is -0.493 e. The maximum absolute atomic E-state index is 14.2. The number of rotatable bonds is 5. The van der Waals surface area contributed by atoms with E-state index in [0.29, 0.717) is 6.07 Å². The predicted octanol–water partition coefficient (Wildman–Crippen LogP) is 0.448. The molecule has 12 heteroatoms. The first-order valence-corrected chi connectivity index (χ1v) is 8.11. The molecule has 0 bridgehead atoms. The molecule has 2 rings (SSSR count). The molecule has 0 aliphatic heterocycles. The molecule has 8 N–H and O–H groups in total. The van der Waals surface area contributed by atoms with Crippen molar-refractivity contribution in [3.63, 3.8) is 0 Å². The summed E-state index contributed by atoms with van der Waals surface area (Å²) in [6, 6.07) is 1.43. The zero-order valence-electron chi connectivity index (χ0n) is 13.3. The van der Waals surface area contributed by atoms with Gasteiger partial charge in [0.25, 0.3) is 11.5 Å². The molecular formula is C14H14F2N6O3S. The highest BCUT2D eigenvalue weighted by molar-refractivity contribution is 7.98. The summed E-state index contributed by atoms with van der Waals surface area (Å²) >= 11 is 1.03. The Morgan fingerprint density at radius 2 is 2.08 bits per heavy atom. The van der Waals surface area contributed by atoms with Crippen LogP contribution in [0.25, 0.3) is 5.70 Å². The monoisotopic (exact) mass is 384 g/mol. The van der Waals surface area contributed by atoms with E-state index in [1.807, 2.05) is 5.32 Å². The molecule has 26 heavy (non-hydrogen) atoms. The zero-order valence-corrected chi connectivity index (χ0v) is 14.1. The number of amides is 1. The molecule has 1 amide bonds. The van der Waals surface area contributed by atoms with Crippen LogP contribution in [0.1, 0.15) is 15.9 Å². The van der Waals surface area contributed by atoms with Gasteiger partial charge in [0.2, 0.25) is 5.88 Å². The molecule has 9 nitrogen and oxygen atoms in total. The Kier molecular flexibility index (Phi) is 5.79. The number of hydrazine groups is 1. The Balaban J connectivity index is 2.39. The number of nitrogens with one attached hydrogen (secondary N) is 3. The summed E-state index contributed by atoms with van der Waals surface area (Å²) < 4.78 is 28.3. The second kappa shape index (κ2) is 7.84. The number of hydrogen-bond acceptors (Lipinski definition) is 8. The largest absolute Gasteiger partial charge is 0.493 e. The van der Waals surface area contributed by atoms with E-state index >= 15 is 0 Å². The first-order chi connectivity index (χ1) is 12.3. The third kappa shape index (κ3) is 3.75. The van der Waals surface area contributed by atoms with Crippen molar-refractivity contribution in [3.8, 4) is 5.88 Å². The van der Waals surface area contributed by atoms with Gasteiger partial charge in [-0.05, 0) is 12.3 Å². The maximum Gasteiger partial charge on any atom is 0.268 e. The summed E-state index contributed by atoms with van der Waals surface area (Å²) in [6.07, 6.45) is 2.53. The minimum absolute atomic E-state index is 0.0785. The van der Waals surface area contributed by atoms with E-state index in [-0.39, 0.29) is 16.4 Å². The number of aromatic amines is 1. The lowest BCUT2D eigenvalue weighted by Crippen LogP contribution is -2.25. The van der Waals surface area contributed by atoms with Gasteiger partial charge < -0.3 is 26.6 Å². The number of H-pyrrole nitrogens is 1. The predicted molar refractivity (Wildman–Crippen MR) is 92.1 cm³/mol. The molecule has 0 unspecified atom stereocenters. The van der Waals surface area contributed by atoms with Gasteiger partial charge in [-0.25, -0.2) is 8.78 Å². The van der Waals surface area contributed by atoms with Crippen molar-refractivity contribution in [2.24, 2.45) is 11.6 Å². The summed E-state index contributed by atoms with van der Waals surface area (Å²) in [6.45, 7) is 0. The molecule has 0 saturated heterocycles. The highest BCUT2D eigenvalue weighted by atomic mass is 32.2. The molecule has 0 fully saturated rings. The summed E-state index contributed by atoms with van der Waals surface area (Å²) in [4.78, 5) is 29.9. The second-order valence-electron chi connectivity index (χ2n) is 4.76. The van der Waals surface area contributed by atoms with Crippen molar-refractivity contribution in [3.05, 3.63) is 51.4 Å². The first-order valence-electron chi connectivity index (χ1n) is 6.88. The number of hydrogen-bond donors (Lipinski definition) is 6. The van der Waals surface area contributed by atoms with Crippen LogP contribution in [-0.2, 0) is 0 Å². The van der Waals surface area contributed by atoms with Gasteiger partial charge in [0.15, 0.2) is 10.7 Å². The molecule has 0 spiro atoms. The van der Waals surface area contributed by atoms with Crippen molar-refractivity contribution < 1.29 is 18.7 Å². The van der Waals surface area contributed by atoms with E-state index in [1.54, 1.807) is 6.26 Å². The number of aromatic nitrogens is 2. The van der Waals surface area contributed by atoms with Crippen molar-refractivity contribution in [2.75, 3.05) is 11.6 Å². The van der Waals surface area contributed by atoms with Crippen LogP contribution >= 0.6 is 11.8 Å². The lowest BCUT2D eigenvalue weighted by Gasteiger charge is -2.11. The number of nitrogens with zero attached hydrogens (tertiary/aromatic N) is 1. The number of carbonyl (C=O) groups excluding carboxylic acids is 1. The van der Waals surface area contributed by atoms with E-state index in [0.717, 1.165) is 24.0 Å². The Hall–Kier alpha value is -3.12. The van der Waals surface area contributed by atoms with Crippen LogP contribution in [0.5, 0.6) is 5.88 Å². The fourth-order valence-corrected chi connectivity index (χ4v) is 2.36. The van der Waals surface area contributed by atoms with Crippen molar-refractivity contribution in [2.45, 2.75) is 5.16 Å². The van der Waals surface area contributed by atoms with Gasteiger partial charge in [0, 0.05) is 17.8 Å². The smallest absolute Gasteiger partial charge is 0.268 e. The third-order valence-corrected chi connectivity index (χ3v) is 3.80. The number of carbonyl (C=O) groups is 1. The summed E-state index contributed by atoms with van der Waals surface area (Å²) in [5.74, 6) is 1.19. The Bertz CT molecular complexity index is 947. The molecule has 0 saturated carbocycles. The molecule has 1 heterocycles. The van der Waals surface area contributed by atoms with Crippen LogP contribution < -0.4 is 27.9 Å². The standard InChI is InChI=1S/C14H14F2N6O3S/c1-26-14-20-12(24)10(13(25)21-14)11(23)19-8-3-6(15)5(2-7(8)16)9(4-17)22-18/h2-4,22H,17-18H2,1H3,(H,19,23)(H2,20,21,24,25)/b9-4-. The second-order valence-corrected chi connectivity index (χ2v) is 5.56. The molecule has 138 valence electrons. The van der Waals surface area contributed by atoms with Crippen molar-refractivity contribution >= 4 is 29.1 Å². The Morgan fingerprint density at radius 3 is 2.62 bits per heavy atom. The fourth-order valence-electron chi connectivity index (χ4n) is 1.99. The average Bonchev–Trinajstić information content (AvgIpc) is 2.59. The SMILES string of the molecule is CSc1nc(O)c(C(=O)Nc2cc(F)c(/C(=C/N)NN)cc2F)c(=O)[nH]1. The lowest BCUT2D eigenvalue weighted by atomic mass is 10.1. The maximum atomic E-state index is 14.2. The Labute approximate surface area is 149 Å². The van der Waals surface area contributed by atoms with Gasteiger partial charge in [-0.2, -0.15) is 4.98 Å². The van der Waals surface area contributed by atoms with Crippen LogP contribution in [0.2, 0.25) is 0 Å². The first kappa shape index (κ1) is 19.2. The summed E-state index contributed by atoms with van der Waals surface area (Å²) in [7, 11) is 0. The van der Waals surface area contributed by atoms with Gasteiger partial charge in [-0.3, -0.25) is 15.4 Å². The fraction of sp³-hybridized carbons (Fsp3) is 0.0714. The summed E-state index contributed by atoms with van der Waals surface area (Å²) in [5.41, 5.74) is 4.78. The molecule has 0 radical (unpaired) electrons. The van der Waals surface area contributed by atoms with Crippen LogP contribution in [0.15, 0.2) is 28.3 Å². The molecule has 0 aliphatic rings. The van der Waals surface area contributed by atoms with Crippen molar-refractivity contribution in [1.82, 2.24) is 15.4 Å². The third-order valence-electron chi connectivity index (χ3n) is 3.22. The van der Waals surface area contributed by atoms with Gasteiger partial charge in [-0.1, -0.05) is 11.8 Å². The number of anilines is 1. The van der Waals surface area contributed by atoms with Crippen LogP contribution in [0.3, 0.4) is 0 Å². The van der Waals surface area contributed by atoms with Gasteiger partial charge in [-0.15, -0.1) is 0 Å². The van der Waals surface area contributed by atoms with Crippen LogP contribution in [-0.4, -0.2) is 27.2 Å². The van der Waals surface area contributed by atoms with Crippen LogP contribution in [0.4, 0.5) is 14.5 Å². The highest BCUT2D eigenvalue weighted by Crippen LogP contribution is 2.24. The minimum atomic E-state index is -1.17. The number of nitrogens with two attached hydrogens (primary N) is 2. The molecule has 0 aliphatic carbocycles. The number of halogens is 2.